The normalized spacial score (nSPS) is 17.7. The van der Waals surface area contributed by atoms with Gasteiger partial charge in [-0.15, -0.1) is 0 Å². The Morgan fingerprint density at radius 1 is 1.35 bits per heavy atom. The molecule has 3 N–H and O–H groups in total. The Morgan fingerprint density at radius 2 is 2.20 bits per heavy atom. The average Bonchev–Trinajstić information content (AvgIpc) is 2.47. The predicted molar refractivity (Wildman–Crippen MR) is 82.4 cm³/mol. The summed E-state index contributed by atoms with van der Waals surface area (Å²) in [5.74, 6) is 6.81. The number of nitrogens with two attached hydrogens (primary N) is 1. The van der Waals surface area contributed by atoms with Gasteiger partial charge in [0.15, 0.2) is 0 Å². The van der Waals surface area contributed by atoms with E-state index in [1.165, 1.54) is 23.2 Å². The van der Waals surface area contributed by atoms with Crippen LogP contribution in [0.4, 0.5) is 11.5 Å². The molecule has 0 aliphatic carbocycles. The molecule has 1 aliphatic rings. The van der Waals surface area contributed by atoms with Crippen LogP contribution in [0.2, 0.25) is 0 Å². The number of rotatable bonds is 3. The zero-order chi connectivity index (χ0) is 13.9. The SMILES string of the molecule is CC1Cc2ccccc2N(Cc2ccnc(NN)c2)C1. The molecule has 2 heterocycles. The molecule has 1 unspecified atom stereocenters. The van der Waals surface area contributed by atoms with E-state index < -0.39 is 0 Å². The number of hydrogen-bond donors (Lipinski definition) is 2. The van der Waals surface area contributed by atoms with Crippen molar-refractivity contribution in [1.82, 2.24) is 4.98 Å². The fraction of sp³-hybridized carbons (Fsp3) is 0.312. The lowest BCUT2D eigenvalue weighted by Gasteiger charge is -2.35. The van der Waals surface area contributed by atoms with Crippen LogP contribution < -0.4 is 16.2 Å². The van der Waals surface area contributed by atoms with Gasteiger partial charge in [0.05, 0.1) is 0 Å². The summed E-state index contributed by atoms with van der Waals surface area (Å²) >= 11 is 0. The Balaban J connectivity index is 1.87. The lowest BCUT2D eigenvalue weighted by molar-refractivity contribution is 0.530. The molecule has 0 radical (unpaired) electrons. The van der Waals surface area contributed by atoms with E-state index in [-0.39, 0.29) is 0 Å². The molecule has 1 aliphatic heterocycles. The molecule has 0 amide bonds. The van der Waals surface area contributed by atoms with Gasteiger partial charge in [0.25, 0.3) is 0 Å². The minimum Gasteiger partial charge on any atom is -0.367 e. The van der Waals surface area contributed by atoms with Crippen molar-refractivity contribution >= 4 is 11.5 Å². The highest BCUT2D eigenvalue weighted by Gasteiger charge is 2.21. The third kappa shape index (κ3) is 2.60. The summed E-state index contributed by atoms with van der Waals surface area (Å²) in [4.78, 5) is 6.60. The van der Waals surface area contributed by atoms with Crippen molar-refractivity contribution in [3.63, 3.8) is 0 Å². The molecule has 0 saturated heterocycles. The van der Waals surface area contributed by atoms with E-state index >= 15 is 0 Å². The minimum absolute atomic E-state index is 0.679. The molecule has 2 aromatic rings. The smallest absolute Gasteiger partial charge is 0.140 e. The third-order valence-corrected chi connectivity index (χ3v) is 3.78. The number of nitrogens with one attached hydrogen (secondary N) is 1. The van der Waals surface area contributed by atoms with Gasteiger partial charge in [-0.25, -0.2) is 10.8 Å². The summed E-state index contributed by atoms with van der Waals surface area (Å²) in [5, 5.41) is 0. The van der Waals surface area contributed by atoms with Gasteiger partial charge >= 0.3 is 0 Å². The Hall–Kier alpha value is -2.07. The number of nitrogen functional groups attached to an aromatic ring is 1. The molecule has 1 aromatic heterocycles. The van der Waals surface area contributed by atoms with Crippen molar-refractivity contribution in [2.45, 2.75) is 19.9 Å². The van der Waals surface area contributed by atoms with Crippen LogP contribution in [0.1, 0.15) is 18.1 Å². The second kappa shape index (κ2) is 5.51. The van der Waals surface area contributed by atoms with Gasteiger partial charge in [0.2, 0.25) is 0 Å². The van der Waals surface area contributed by atoms with Crippen molar-refractivity contribution in [1.29, 1.82) is 0 Å². The van der Waals surface area contributed by atoms with E-state index in [1.54, 1.807) is 6.20 Å². The number of nitrogens with zero attached hydrogens (tertiary/aromatic N) is 2. The summed E-state index contributed by atoms with van der Waals surface area (Å²) < 4.78 is 0. The number of para-hydroxylation sites is 1. The Kier molecular flexibility index (Phi) is 3.56. The van der Waals surface area contributed by atoms with E-state index in [0.29, 0.717) is 11.7 Å². The first-order valence-electron chi connectivity index (χ1n) is 7.00. The summed E-state index contributed by atoms with van der Waals surface area (Å²) in [6.07, 6.45) is 2.96. The van der Waals surface area contributed by atoms with Crippen molar-refractivity contribution in [3.8, 4) is 0 Å². The van der Waals surface area contributed by atoms with Gasteiger partial charge in [-0.2, -0.15) is 0 Å². The van der Waals surface area contributed by atoms with Crippen LogP contribution in [0, 0.1) is 5.92 Å². The summed E-state index contributed by atoms with van der Waals surface area (Å²) in [6, 6.07) is 12.7. The van der Waals surface area contributed by atoms with Crippen LogP contribution in [0.3, 0.4) is 0 Å². The largest absolute Gasteiger partial charge is 0.367 e. The number of aromatic nitrogens is 1. The summed E-state index contributed by atoms with van der Waals surface area (Å²) in [6.45, 7) is 4.28. The zero-order valence-electron chi connectivity index (χ0n) is 11.7. The van der Waals surface area contributed by atoms with Gasteiger partial charge in [-0.05, 0) is 41.7 Å². The standard InChI is InChI=1S/C16H20N4/c1-12-8-14-4-2-3-5-15(14)20(10-12)11-13-6-7-18-16(9-13)19-17/h2-7,9,12H,8,10-11,17H2,1H3,(H,18,19). The summed E-state index contributed by atoms with van der Waals surface area (Å²) in [5.41, 5.74) is 6.62. The van der Waals surface area contributed by atoms with Gasteiger partial charge < -0.3 is 10.3 Å². The van der Waals surface area contributed by atoms with E-state index in [0.717, 1.165) is 13.1 Å². The van der Waals surface area contributed by atoms with Crippen molar-refractivity contribution in [2.24, 2.45) is 11.8 Å². The molecule has 0 bridgehead atoms. The molecule has 0 saturated carbocycles. The first-order chi connectivity index (χ1) is 9.76. The second-order valence-corrected chi connectivity index (χ2v) is 5.51. The maximum absolute atomic E-state index is 5.42. The lowest BCUT2D eigenvalue weighted by Crippen LogP contribution is -2.33. The molecular formula is C16H20N4. The zero-order valence-corrected chi connectivity index (χ0v) is 11.7. The molecule has 4 nitrogen and oxygen atoms in total. The molecule has 0 spiro atoms. The van der Waals surface area contributed by atoms with Gasteiger partial charge in [0.1, 0.15) is 5.82 Å². The first-order valence-corrected chi connectivity index (χ1v) is 7.00. The molecule has 104 valence electrons. The topological polar surface area (TPSA) is 54.2 Å². The highest BCUT2D eigenvalue weighted by Crippen LogP contribution is 2.30. The number of benzene rings is 1. The Bertz CT molecular complexity index is 597. The molecule has 3 rings (SSSR count). The van der Waals surface area contributed by atoms with Crippen molar-refractivity contribution in [2.75, 3.05) is 16.9 Å². The number of fused-ring (bicyclic) bond motifs is 1. The van der Waals surface area contributed by atoms with Gasteiger partial charge in [0, 0.05) is 25.0 Å². The van der Waals surface area contributed by atoms with Crippen LogP contribution in [-0.4, -0.2) is 11.5 Å². The van der Waals surface area contributed by atoms with Crippen LogP contribution in [0.15, 0.2) is 42.6 Å². The number of hydrazine groups is 1. The lowest BCUT2D eigenvalue weighted by atomic mass is 9.93. The van der Waals surface area contributed by atoms with Gasteiger partial charge in [-0.3, -0.25) is 0 Å². The predicted octanol–water partition coefficient (Wildman–Crippen LogP) is 2.57. The Labute approximate surface area is 119 Å². The average molecular weight is 268 g/mol. The monoisotopic (exact) mass is 268 g/mol. The molecular weight excluding hydrogens is 248 g/mol. The van der Waals surface area contributed by atoms with Crippen LogP contribution in [0.25, 0.3) is 0 Å². The number of pyridine rings is 1. The summed E-state index contributed by atoms with van der Waals surface area (Å²) in [7, 11) is 0. The second-order valence-electron chi connectivity index (χ2n) is 5.51. The molecule has 4 heteroatoms. The van der Waals surface area contributed by atoms with Crippen LogP contribution >= 0.6 is 0 Å². The molecule has 1 aromatic carbocycles. The molecule has 1 atom stereocenters. The van der Waals surface area contributed by atoms with E-state index in [1.807, 2.05) is 12.1 Å². The fourth-order valence-corrected chi connectivity index (χ4v) is 2.93. The quantitative estimate of drug-likeness (QED) is 0.663. The molecule has 20 heavy (non-hydrogen) atoms. The van der Waals surface area contributed by atoms with Crippen LogP contribution in [0.5, 0.6) is 0 Å². The van der Waals surface area contributed by atoms with Crippen molar-refractivity contribution < 1.29 is 0 Å². The highest BCUT2D eigenvalue weighted by atomic mass is 15.2. The fourth-order valence-electron chi connectivity index (χ4n) is 2.93. The van der Waals surface area contributed by atoms with E-state index in [2.05, 4.69) is 46.5 Å². The number of anilines is 2. The van der Waals surface area contributed by atoms with E-state index in [9.17, 15) is 0 Å². The highest BCUT2D eigenvalue weighted by molar-refractivity contribution is 5.56. The first kappa shape index (κ1) is 12.9. The Morgan fingerprint density at radius 3 is 3.05 bits per heavy atom. The van der Waals surface area contributed by atoms with Gasteiger partial charge in [-0.1, -0.05) is 25.1 Å². The number of hydrogen-bond acceptors (Lipinski definition) is 4. The van der Waals surface area contributed by atoms with Crippen LogP contribution in [-0.2, 0) is 13.0 Å². The minimum atomic E-state index is 0.679. The molecule has 0 fully saturated rings. The third-order valence-electron chi connectivity index (χ3n) is 3.78. The van der Waals surface area contributed by atoms with Crippen molar-refractivity contribution in [3.05, 3.63) is 53.7 Å². The van der Waals surface area contributed by atoms with E-state index in [4.69, 9.17) is 5.84 Å². The maximum Gasteiger partial charge on any atom is 0.140 e. The maximum atomic E-state index is 5.42.